The van der Waals surface area contributed by atoms with Gasteiger partial charge in [0, 0.05) is 10.2 Å². The van der Waals surface area contributed by atoms with Gasteiger partial charge in [-0.25, -0.2) is 0 Å². The molecule has 0 radical (unpaired) electrons. The second-order valence-corrected chi connectivity index (χ2v) is 10.1. The SMILES string of the molecule is Cc1ccc(-c2ccc(C3CCC(C4CCC(C[SiH3])CC4)CC3)cc2)cc1. The van der Waals surface area contributed by atoms with Crippen molar-refractivity contribution in [1.29, 1.82) is 0 Å². The summed E-state index contributed by atoms with van der Waals surface area (Å²) in [7, 11) is 1.41. The molecule has 0 heterocycles. The molecule has 2 saturated carbocycles. The fourth-order valence-corrected chi connectivity index (χ4v) is 6.50. The fourth-order valence-electron chi connectivity index (χ4n) is 5.69. The summed E-state index contributed by atoms with van der Waals surface area (Å²) in [5.74, 6) is 3.98. The minimum Gasteiger partial charge on any atom is -0.0631 e. The maximum atomic E-state index is 2.40. The highest BCUT2D eigenvalue weighted by atomic mass is 28.1. The largest absolute Gasteiger partial charge is 0.0631 e. The summed E-state index contributed by atoms with van der Waals surface area (Å²) < 4.78 is 0. The summed E-state index contributed by atoms with van der Waals surface area (Å²) in [6, 6.07) is 19.9. The van der Waals surface area contributed by atoms with Gasteiger partial charge in [-0.2, -0.15) is 0 Å². The van der Waals surface area contributed by atoms with E-state index in [4.69, 9.17) is 0 Å². The van der Waals surface area contributed by atoms with Crippen molar-refractivity contribution in [2.75, 3.05) is 0 Å². The zero-order valence-corrected chi connectivity index (χ0v) is 19.3. The zero-order chi connectivity index (χ0) is 18.6. The molecule has 0 amide bonds. The Kier molecular flexibility index (Phi) is 6.17. The Bertz CT molecular complexity index is 699. The van der Waals surface area contributed by atoms with E-state index in [-0.39, 0.29) is 0 Å². The van der Waals surface area contributed by atoms with E-state index in [1.807, 2.05) is 0 Å². The van der Waals surface area contributed by atoms with Gasteiger partial charge in [-0.1, -0.05) is 73.0 Å². The van der Waals surface area contributed by atoms with Gasteiger partial charge in [0.1, 0.15) is 0 Å². The highest BCUT2D eigenvalue weighted by Gasteiger charge is 2.30. The second kappa shape index (κ2) is 8.77. The van der Waals surface area contributed by atoms with Crippen LogP contribution < -0.4 is 0 Å². The number of aryl methyl sites for hydroxylation is 1. The highest BCUT2D eigenvalue weighted by Crippen LogP contribution is 2.44. The molecule has 0 unspecified atom stereocenters. The third kappa shape index (κ3) is 4.56. The van der Waals surface area contributed by atoms with Crippen LogP contribution >= 0.6 is 0 Å². The second-order valence-electron chi connectivity index (χ2n) is 9.29. The monoisotopic (exact) mass is 376 g/mol. The Morgan fingerprint density at radius 1 is 0.667 bits per heavy atom. The molecule has 144 valence electrons. The minimum absolute atomic E-state index is 0.797. The van der Waals surface area contributed by atoms with E-state index in [9.17, 15) is 0 Å². The van der Waals surface area contributed by atoms with E-state index in [1.165, 1.54) is 84.3 Å². The van der Waals surface area contributed by atoms with Crippen LogP contribution in [0.3, 0.4) is 0 Å². The molecule has 0 aromatic heterocycles. The molecule has 0 N–H and O–H groups in total. The topological polar surface area (TPSA) is 0 Å². The predicted molar refractivity (Wildman–Crippen MR) is 122 cm³/mol. The highest BCUT2D eigenvalue weighted by molar-refractivity contribution is 6.08. The first-order chi connectivity index (χ1) is 13.2. The molecule has 2 aliphatic rings. The van der Waals surface area contributed by atoms with Crippen molar-refractivity contribution in [3.05, 3.63) is 59.7 Å². The molecular formula is C26H36Si. The van der Waals surface area contributed by atoms with E-state index in [2.05, 4.69) is 55.5 Å². The molecule has 2 aromatic carbocycles. The normalized spacial score (nSPS) is 28.9. The molecule has 4 rings (SSSR count). The summed E-state index contributed by atoms with van der Waals surface area (Å²) >= 11 is 0. The van der Waals surface area contributed by atoms with Crippen LogP contribution in [0.25, 0.3) is 11.1 Å². The maximum Gasteiger partial charge on any atom is 0.00314 e. The summed E-state index contributed by atoms with van der Waals surface area (Å²) in [5, 5.41) is 0. The van der Waals surface area contributed by atoms with Gasteiger partial charge in [0.2, 0.25) is 0 Å². The van der Waals surface area contributed by atoms with Gasteiger partial charge >= 0.3 is 0 Å². The fraction of sp³-hybridized carbons (Fsp3) is 0.538. The van der Waals surface area contributed by atoms with E-state index in [1.54, 1.807) is 5.56 Å². The molecule has 0 saturated heterocycles. The standard InChI is InChI=1S/C26H36Si/c1-19-2-6-21(7-3-19)23-10-14-25(15-11-23)26-16-12-24(13-17-26)22-8-4-20(18-27)5-9-22/h2-3,6-7,10-11,14-15,20,22,24,26H,4-5,8-9,12-13,16-18H2,1,27H3. The lowest BCUT2D eigenvalue weighted by Crippen LogP contribution is -2.25. The van der Waals surface area contributed by atoms with Gasteiger partial charge in [-0.3, -0.25) is 0 Å². The first-order valence-electron chi connectivity index (χ1n) is 11.4. The Labute approximate surface area is 169 Å². The van der Waals surface area contributed by atoms with Crippen LogP contribution in [0.1, 0.15) is 68.4 Å². The van der Waals surface area contributed by atoms with Crippen LogP contribution in [-0.4, -0.2) is 10.2 Å². The van der Waals surface area contributed by atoms with Crippen LogP contribution in [0.4, 0.5) is 0 Å². The molecule has 1 heteroatoms. The first-order valence-corrected chi connectivity index (χ1v) is 12.8. The van der Waals surface area contributed by atoms with Crippen LogP contribution in [0, 0.1) is 24.7 Å². The van der Waals surface area contributed by atoms with Crippen LogP contribution in [0.5, 0.6) is 0 Å². The van der Waals surface area contributed by atoms with E-state index in [0.717, 1.165) is 23.7 Å². The molecule has 0 atom stereocenters. The molecule has 0 aliphatic heterocycles. The van der Waals surface area contributed by atoms with E-state index >= 15 is 0 Å². The van der Waals surface area contributed by atoms with Crippen molar-refractivity contribution >= 4 is 10.2 Å². The molecule has 0 bridgehead atoms. The van der Waals surface area contributed by atoms with Gasteiger partial charge in [0.25, 0.3) is 0 Å². The lowest BCUT2D eigenvalue weighted by molar-refractivity contribution is 0.165. The van der Waals surface area contributed by atoms with Gasteiger partial charge in [0.15, 0.2) is 0 Å². The van der Waals surface area contributed by atoms with E-state index in [0.29, 0.717) is 0 Å². The zero-order valence-electron chi connectivity index (χ0n) is 17.3. The third-order valence-corrected chi connectivity index (χ3v) is 8.83. The van der Waals surface area contributed by atoms with Crippen molar-refractivity contribution in [2.45, 2.75) is 70.3 Å². The minimum atomic E-state index is 0.797. The van der Waals surface area contributed by atoms with E-state index < -0.39 is 0 Å². The van der Waals surface area contributed by atoms with Crippen molar-refractivity contribution in [2.24, 2.45) is 17.8 Å². The average Bonchev–Trinajstić information content (AvgIpc) is 2.75. The summed E-state index contributed by atoms with van der Waals surface area (Å²) in [5.41, 5.74) is 5.59. The number of hydrogen-bond acceptors (Lipinski definition) is 0. The Balaban J connectivity index is 1.32. The predicted octanol–water partition coefficient (Wildman–Crippen LogP) is 6.53. The van der Waals surface area contributed by atoms with Crippen LogP contribution in [-0.2, 0) is 0 Å². The molecule has 0 spiro atoms. The van der Waals surface area contributed by atoms with Gasteiger partial charge in [-0.05, 0) is 85.8 Å². The summed E-state index contributed by atoms with van der Waals surface area (Å²) in [4.78, 5) is 0. The van der Waals surface area contributed by atoms with Crippen molar-refractivity contribution in [1.82, 2.24) is 0 Å². The van der Waals surface area contributed by atoms with Crippen LogP contribution in [0.2, 0.25) is 6.04 Å². The molecular weight excluding hydrogens is 340 g/mol. The van der Waals surface area contributed by atoms with Crippen molar-refractivity contribution in [3.63, 3.8) is 0 Å². The van der Waals surface area contributed by atoms with Gasteiger partial charge < -0.3 is 0 Å². The number of benzene rings is 2. The van der Waals surface area contributed by atoms with Crippen molar-refractivity contribution < 1.29 is 0 Å². The van der Waals surface area contributed by atoms with Crippen LogP contribution in [0.15, 0.2) is 48.5 Å². The lowest BCUT2D eigenvalue weighted by Gasteiger charge is -2.38. The molecule has 0 nitrogen and oxygen atoms in total. The summed E-state index contributed by atoms with van der Waals surface area (Å²) in [6.45, 7) is 2.15. The van der Waals surface area contributed by atoms with Gasteiger partial charge in [0.05, 0.1) is 0 Å². The smallest absolute Gasteiger partial charge is 0.00314 e. The quantitative estimate of drug-likeness (QED) is 0.532. The van der Waals surface area contributed by atoms with Crippen molar-refractivity contribution in [3.8, 4) is 11.1 Å². The van der Waals surface area contributed by atoms with Gasteiger partial charge in [-0.15, -0.1) is 0 Å². The Morgan fingerprint density at radius 2 is 1.15 bits per heavy atom. The Morgan fingerprint density at radius 3 is 1.67 bits per heavy atom. The number of rotatable bonds is 4. The molecule has 27 heavy (non-hydrogen) atoms. The Hall–Kier alpha value is -1.34. The lowest BCUT2D eigenvalue weighted by atomic mass is 9.68. The maximum absolute atomic E-state index is 2.40. The number of hydrogen-bond donors (Lipinski definition) is 0. The third-order valence-electron chi connectivity index (χ3n) is 7.67. The average molecular weight is 377 g/mol. The molecule has 2 aromatic rings. The first kappa shape index (κ1) is 19.0. The molecule has 2 aliphatic carbocycles. The molecule has 2 fully saturated rings. The summed E-state index contributed by atoms with van der Waals surface area (Å²) in [6.07, 6.45) is 11.9.